The molecule has 0 aromatic carbocycles. The molecule has 0 bridgehead atoms. The summed E-state index contributed by atoms with van der Waals surface area (Å²) in [5.74, 6) is 0.396. The van der Waals surface area contributed by atoms with E-state index >= 15 is 0 Å². The molecule has 1 unspecified atom stereocenters. The van der Waals surface area contributed by atoms with E-state index in [0.717, 1.165) is 52.3 Å². The number of ether oxygens (including phenoxy) is 2. The molecule has 0 spiro atoms. The number of nitrogens with two attached hydrogens (primary N) is 1. The third kappa shape index (κ3) is 6.31. The SMILES string of the molecule is COCCCOCCN1CCCC(C(N)=S)C1. The Hall–Kier alpha value is -0.230. The highest BCUT2D eigenvalue weighted by atomic mass is 32.1. The lowest BCUT2D eigenvalue weighted by Crippen LogP contribution is -2.41. The van der Waals surface area contributed by atoms with Gasteiger partial charge in [0.2, 0.25) is 0 Å². The smallest absolute Gasteiger partial charge is 0.0771 e. The summed E-state index contributed by atoms with van der Waals surface area (Å²) in [7, 11) is 1.71. The fraction of sp³-hybridized carbons (Fsp3) is 0.917. The summed E-state index contributed by atoms with van der Waals surface area (Å²) in [4.78, 5) is 3.06. The first-order valence-corrected chi connectivity index (χ1v) is 6.73. The van der Waals surface area contributed by atoms with Crippen molar-refractivity contribution in [1.29, 1.82) is 0 Å². The van der Waals surface area contributed by atoms with E-state index < -0.39 is 0 Å². The number of nitrogens with zero attached hydrogens (tertiary/aromatic N) is 1. The monoisotopic (exact) mass is 260 g/mol. The van der Waals surface area contributed by atoms with E-state index in [1.807, 2.05) is 0 Å². The molecule has 5 heteroatoms. The van der Waals surface area contributed by atoms with Crippen LogP contribution < -0.4 is 5.73 Å². The Morgan fingerprint density at radius 2 is 2.24 bits per heavy atom. The lowest BCUT2D eigenvalue weighted by Gasteiger charge is -2.31. The zero-order valence-corrected chi connectivity index (χ0v) is 11.5. The van der Waals surface area contributed by atoms with Gasteiger partial charge in [-0.05, 0) is 25.8 Å². The first-order valence-electron chi connectivity index (χ1n) is 6.32. The first kappa shape index (κ1) is 14.8. The van der Waals surface area contributed by atoms with Gasteiger partial charge in [-0.25, -0.2) is 0 Å². The molecule has 0 aromatic rings. The molecule has 1 atom stereocenters. The minimum absolute atomic E-state index is 0.396. The molecule has 17 heavy (non-hydrogen) atoms. The van der Waals surface area contributed by atoms with Crippen molar-refractivity contribution in [3.05, 3.63) is 0 Å². The van der Waals surface area contributed by atoms with Gasteiger partial charge in [-0.15, -0.1) is 0 Å². The third-order valence-electron chi connectivity index (χ3n) is 3.10. The summed E-state index contributed by atoms with van der Waals surface area (Å²) in [6, 6.07) is 0. The Morgan fingerprint density at radius 3 is 2.94 bits per heavy atom. The van der Waals surface area contributed by atoms with Crippen LogP contribution in [0.3, 0.4) is 0 Å². The maximum absolute atomic E-state index is 5.70. The van der Waals surface area contributed by atoms with Crippen molar-refractivity contribution in [3.8, 4) is 0 Å². The summed E-state index contributed by atoms with van der Waals surface area (Å²) >= 11 is 5.06. The number of methoxy groups -OCH3 is 1. The number of hydrogen-bond donors (Lipinski definition) is 1. The number of hydrogen-bond acceptors (Lipinski definition) is 4. The average molecular weight is 260 g/mol. The lowest BCUT2D eigenvalue weighted by atomic mass is 9.98. The van der Waals surface area contributed by atoms with Gasteiger partial charge in [-0.1, -0.05) is 12.2 Å². The van der Waals surface area contributed by atoms with Crippen LogP contribution in [0.25, 0.3) is 0 Å². The van der Waals surface area contributed by atoms with E-state index in [1.54, 1.807) is 7.11 Å². The molecule has 4 nitrogen and oxygen atoms in total. The van der Waals surface area contributed by atoms with Crippen molar-refractivity contribution in [1.82, 2.24) is 4.90 Å². The molecule has 0 aromatic heterocycles. The molecule has 0 radical (unpaired) electrons. The molecule has 1 aliphatic heterocycles. The van der Waals surface area contributed by atoms with Gasteiger partial charge in [0.25, 0.3) is 0 Å². The van der Waals surface area contributed by atoms with Crippen LogP contribution >= 0.6 is 12.2 Å². The van der Waals surface area contributed by atoms with E-state index in [9.17, 15) is 0 Å². The highest BCUT2D eigenvalue weighted by Gasteiger charge is 2.21. The number of likely N-dealkylation sites (tertiary alicyclic amines) is 1. The third-order valence-corrected chi connectivity index (χ3v) is 3.43. The Balaban J connectivity index is 2.04. The minimum Gasteiger partial charge on any atom is -0.393 e. The summed E-state index contributed by atoms with van der Waals surface area (Å²) in [6.45, 7) is 5.45. The highest BCUT2D eigenvalue weighted by molar-refractivity contribution is 7.80. The minimum atomic E-state index is 0.396. The van der Waals surface area contributed by atoms with Crippen LogP contribution in [0, 0.1) is 5.92 Å². The predicted octanol–water partition coefficient (Wildman–Crippen LogP) is 1.04. The maximum atomic E-state index is 5.70. The second kappa shape index (κ2) is 8.80. The number of piperidine rings is 1. The largest absolute Gasteiger partial charge is 0.393 e. The zero-order chi connectivity index (χ0) is 12.5. The van der Waals surface area contributed by atoms with Crippen LogP contribution in [-0.2, 0) is 9.47 Å². The second-order valence-corrected chi connectivity index (χ2v) is 4.97. The van der Waals surface area contributed by atoms with E-state index in [2.05, 4.69) is 4.90 Å². The van der Waals surface area contributed by atoms with Crippen molar-refractivity contribution in [2.75, 3.05) is 46.6 Å². The van der Waals surface area contributed by atoms with Gasteiger partial charge >= 0.3 is 0 Å². The van der Waals surface area contributed by atoms with Gasteiger partial charge in [0.1, 0.15) is 0 Å². The summed E-state index contributed by atoms with van der Waals surface area (Å²) < 4.78 is 10.5. The molecular weight excluding hydrogens is 236 g/mol. The Kier molecular flexibility index (Phi) is 7.68. The standard InChI is InChI=1S/C12H24N2O2S/c1-15-7-3-8-16-9-6-14-5-2-4-11(10-14)12(13)17/h11H,2-10H2,1H3,(H2,13,17). The molecule has 0 amide bonds. The van der Waals surface area contributed by atoms with Crippen LogP contribution in [-0.4, -0.2) is 56.5 Å². The van der Waals surface area contributed by atoms with E-state index in [1.165, 1.54) is 6.42 Å². The summed E-state index contributed by atoms with van der Waals surface area (Å²) in [6.07, 6.45) is 3.29. The van der Waals surface area contributed by atoms with Crippen LogP contribution in [0.1, 0.15) is 19.3 Å². The predicted molar refractivity (Wildman–Crippen MR) is 73.3 cm³/mol. The van der Waals surface area contributed by atoms with E-state index in [-0.39, 0.29) is 0 Å². The molecule has 0 saturated carbocycles. The summed E-state index contributed by atoms with van der Waals surface area (Å²) in [5.41, 5.74) is 5.70. The quantitative estimate of drug-likeness (QED) is 0.522. The van der Waals surface area contributed by atoms with Gasteiger partial charge in [0.15, 0.2) is 0 Å². The number of rotatable bonds is 8. The molecule has 2 N–H and O–H groups in total. The molecular formula is C12H24N2O2S. The normalized spacial score (nSPS) is 21.6. The van der Waals surface area contributed by atoms with Crippen molar-refractivity contribution < 1.29 is 9.47 Å². The van der Waals surface area contributed by atoms with Crippen LogP contribution in [0.15, 0.2) is 0 Å². The lowest BCUT2D eigenvalue weighted by molar-refractivity contribution is 0.0760. The second-order valence-electron chi connectivity index (χ2n) is 4.50. The molecule has 1 rings (SSSR count). The highest BCUT2D eigenvalue weighted by Crippen LogP contribution is 2.16. The average Bonchev–Trinajstić information content (AvgIpc) is 2.34. The molecule has 1 saturated heterocycles. The topological polar surface area (TPSA) is 47.7 Å². The molecule has 1 fully saturated rings. The fourth-order valence-electron chi connectivity index (χ4n) is 2.09. The summed E-state index contributed by atoms with van der Waals surface area (Å²) in [5, 5.41) is 0. The van der Waals surface area contributed by atoms with Crippen LogP contribution in [0.5, 0.6) is 0 Å². The van der Waals surface area contributed by atoms with Crippen molar-refractivity contribution in [3.63, 3.8) is 0 Å². The number of thiocarbonyl (C=S) groups is 1. The molecule has 0 aliphatic carbocycles. The zero-order valence-electron chi connectivity index (χ0n) is 10.7. The van der Waals surface area contributed by atoms with Crippen molar-refractivity contribution in [2.45, 2.75) is 19.3 Å². The maximum Gasteiger partial charge on any atom is 0.0771 e. The molecule has 100 valence electrons. The Labute approximate surface area is 109 Å². The van der Waals surface area contributed by atoms with E-state index in [0.29, 0.717) is 10.9 Å². The van der Waals surface area contributed by atoms with Gasteiger partial charge in [0.05, 0.1) is 11.6 Å². The fourth-order valence-corrected chi connectivity index (χ4v) is 2.28. The first-order chi connectivity index (χ1) is 8.24. The van der Waals surface area contributed by atoms with Gasteiger partial charge in [-0.2, -0.15) is 0 Å². The van der Waals surface area contributed by atoms with Gasteiger partial charge in [0, 0.05) is 39.3 Å². The van der Waals surface area contributed by atoms with Gasteiger partial charge < -0.3 is 20.1 Å². The Bertz CT molecular complexity index is 227. The molecule has 1 aliphatic rings. The van der Waals surface area contributed by atoms with Crippen LogP contribution in [0.4, 0.5) is 0 Å². The molecule has 1 heterocycles. The van der Waals surface area contributed by atoms with E-state index in [4.69, 9.17) is 27.4 Å². The van der Waals surface area contributed by atoms with Gasteiger partial charge in [-0.3, -0.25) is 0 Å². The Morgan fingerprint density at radius 1 is 1.41 bits per heavy atom. The van der Waals surface area contributed by atoms with Crippen molar-refractivity contribution in [2.24, 2.45) is 11.7 Å². The van der Waals surface area contributed by atoms with Crippen LogP contribution in [0.2, 0.25) is 0 Å². The van der Waals surface area contributed by atoms with Crippen molar-refractivity contribution >= 4 is 17.2 Å².